The van der Waals surface area contributed by atoms with Crippen molar-refractivity contribution in [2.75, 3.05) is 33.0 Å². The van der Waals surface area contributed by atoms with E-state index in [1.54, 1.807) is 0 Å². The number of carbonyl (C=O) groups is 1. The molecule has 71 heavy (non-hydrogen) atoms. The molecule has 14 nitrogen and oxygen atoms in total. The fraction of sp³-hybridized carbons (Fsp3) is 0.912. The maximum atomic E-state index is 13.1. The first kappa shape index (κ1) is 65.6. The summed E-state index contributed by atoms with van der Waals surface area (Å²) in [6.45, 7) is 3.72. The summed E-state index contributed by atoms with van der Waals surface area (Å²) in [7, 11) is 0. The number of allylic oxidation sites excluding steroid dienone is 4. The molecule has 0 amide bonds. The molecule has 0 radical (unpaired) electrons. The number of aliphatic hydroxyl groups excluding tert-OH is 7. The zero-order chi connectivity index (χ0) is 51.6. The van der Waals surface area contributed by atoms with Gasteiger partial charge in [-0.25, -0.2) is 0 Å². The van der Waals surface area contributed by atoms with Gasteiger partial charge in [0.15, 0.2) is 12.6 Å². The lowest BCUT2D eigenvalue weighted by Gasteiger charge is -2.42. The van der Waals surface area contributed by atoms with Gasteiger partial charge in [0.2, 0.25) is 0 Å². The van der Waals surface area contributed by atoms with E-state index in [4.69, 9.17) is 28.4 Å². The van der Waals surface area contributed by atoms with Crippen LogP contribution >= 0.6 is 0 Å². The summed E-state index contributed by atoms with van der Waals surface area (Å²) in [6.07, 6.45) is 33.7. The maximum Gasteiger partial charge on any atom is 0.306 e. The molecule has 2 aliphatic heterocycles. The number of unbranched alkanes of at least 4 members (excludes halogenated alkanes) is 29. The molecular formula is C57H106O14. The SMILES string of the molecule is CCCCCCC/C=C\C/C=C\CCCCCCCCCCCC(=O)OC(COCCCCCCCCCCCCCCCCCC)COC1OC(COC2OC(CO)C(O)C(O)C2O)C(O)C(O)C1O. The van der Waals surface area contributed by atoms with E-state index >= 15 is 0 Å². The van der Waals surface area contributed by atoms with Crippen LogP contribution in [0.1, 0.15) is 232 Å². The smallest absolute Gasteiger partial charge is 0.306 e. The van der Waals surface area contributed by atoms with Crippen LogP contribution in [0, 0.1) is 0 Å². The van der Waals surface area contributed by atoms with Crippen LogP contribution in [0.2, 0.25) is 0 Å². The molecule has 0 aromatic rings. The van der Waals surface area contributed by atoms with Crippen LogP contribution in [0.15, 0.2) is 24.3 Å². The number of ether oxygens (including phenoxy) is 6. The Morgan fingerprint density at radius 2 is 0.873 bits per heavy atom. The van der Waals surface area contributed by atoms with E-state index in [0.29, 0.717) is 13.0 Å². The minimum atomic E-state index is -1.70. The van der Waals surface area contributed by atoms with E-state index in [2.05, 4.69) is 38.2 Å². The van der Waals surface area contributed by atoms with E-state index in [0.717, 1.165) is 51.4 Å². The van der Waals surface area contributed by atoms with Gasteiger partial charge in [0.25, 0.3) is 0 Å². The molecule has 2 heterocycles. The van der Waals surface area contributed by atoms with E-state index < -0.39 is 80.7 Å². The Morgan fingerprint density at radius 3 is 1.35 bits per heavy atom. The van der Waals surface area contributed by atoms with Crippen molar-refractivity contribution in [3.05, 3.63) is 24.3 Å². The first-order valence-electron chi connectivity index (χ1n) is 28.9. The summed E-state index contributed by atoms with van der Waals surface area (Å²) < 4.78 is 34.4. The Labute approximate surface area is 430 Å². The third kappa shape index (κ3) is 31.8. The third-order valence-electron chi connectivity index (χ3n) is 14.0. The quantitative estimate of drug-likeness (QED) is 0.0172. The van der Waals surface area contributed by atoms with Crippen molar-refractivity contribution in [1.82, 2.24) is 0 Å². The van der Waals surface area contributed by atoms with Crippen LogP contribution in [-0.4, -0.2) is 142 Å². The average Bonchev–Trinajstić information content (AvgIpc) is 3.37. The zero-order valence-electron chi connectivity index (χ0n) is 44.7. The molecule has 0 bridgehead atoms. The Bertz CT molecular complexity index is 1270. The maximum absolute atomic E-state index is 13.1. The average molecular weight is 1020 g/mol. The van der Waals surface area contributed by atoms with Crippen molar-refractivity contribution in [3.8, 4) is 0 Å². The van der Waals surface area contributed by atoms with Gasteiger partial charge in [-0.2, -0.15) is 0 Å². The zero-order valence-corrected chi connectivity index (χ0v) is 44.7. The highest BCUT2D eigenvalue weighted by Crippen LogP contribution is 2.27. The van der Waals surface area contributed by atoms with Crippen LogP contribution in [0.4, 0.5) is 0 Å². The molecule has 11 unspecified atom stereocenters. The molecule has 0 saturated carbocycles. The molecule has 0 spiro atoms. The highest BCUT2D eigenvalue weighted by Gasteiger charge is 2.47. The predicted molar refractivity (Wildman–Crippen MR) is 280 cm³/mol. The van der Waals surface area contributed by atoms with Crippen LogP contribution in [0.3, 0.4) is 0 Å². The first-order chi connectivity index (χ1) is 34.6. The fourth-order valence-corrected chi connectivity index (χ4v) is 9.26. The summed E-state index contributed by atoms with van der Waals surface area (Å²) >= 11 is 0. The van der Waals surface area contributed by atoms with Gasteiger partial charge in [-0.05, 0) is 44.9 Å². The van der Waals surface area contributed by atoms with Crippen molar-refractivity contribution in [1.29, 1.82) is 0 Å². The van der Waals surface area contributed by atoms with E-state index in [-0.39, 0.29) is 25.6 Å². The molecule has 14 heteroatoms. The Hall–Kier alpha value is -1.53. The highest BCUT2D eigenvalue weighted by atomic mass is 16.7. The standard InChI is InChI=1S/C57H106O14/c1-3-5-7-9-11-13-15-17-19-21-22-23-24-25-26-28-30-32-34-36-38-40-49(59)69-46(43-66-41-39-37-35-33-31-29-27-20-18-16-14-12-10-8-6-4-2)44-67-56-55(65)53(63)51(61)48(71-56)45-68-57-54(64)52(62)50(60)47(42-58)70-57/h15,17,21-22,46-48,50-58,60-65H,3-14,16,18-20,23-45H2,1-2H3/b17-15-,22-21-. The van der Waals surface area contributed by atoms with Crippen molar-refractivity contribution in [2.24, 2.45) is 0 Å². The summed E-state index contributed by atoms with van der Waals surface area (Å²) in [6, 6.07) is 0. The molecule has 11 atom stereocenters. The van der Waals surface area contributed by atoms with E-state index in [9.17, 15) is 40.5 Å². The lowest BCUT2D eigenvalue weighted by molar-refractivity contribution is -0.332. The second-order valence-corrected chi connectivity index (χ2v) is 20.5. The molecule has 0 aromatic heterocycles. The third-order valence-corrected chi connectivity index (χ3v) is 14.0. The van der Waals surface area contributed by atoms with Gasteiger partial charge >= 0.3 is 5.97 Å². The summed E-state index contributed by atoms with van der Waals surface area (Å²) in [4.78, 5) is 13.1. The number of rotatable bonds is 47. The van der Waals surface area contributed by atoms with Crippen molar-refractivity contribution in [2.45, 2.75) is 300 Å². The van der Waals surface area contributed by atoms with E-state index in [1.165, 1.54) is 154 Å². The van der Waals surface area contributed by atoms with Gasteiger partial charge in [0.1, 0.15) is 54.9 Å². The van der Waals surface area contributed by atoms with Gasteiger partial charge in [-0.3, -0.25) is 4.79 Å². The topological polar surface area (TPSA) is 214 Å². The number of carbonyl (C=O) groups excluding carboxylic acids is 1. The van der Waals surface area contributed by atoms with Gasteiger partial charge in [-0.1, -0.05) is 205 Å². The fourth-order valence-electron chi connectivity index (χ4n) is 9.26. The molecule has 2 saturated heterocycles. The molecule has 2 fully saturated rings. The van der Waals surface area contributed by atoms with Crippen molar-refractivity contribution < 1.29 is 69.0 Å². The Morgan fingerprint density at radius 1 is 0.465 bits per heavy atom. The normalized spacial score (nSPS) is 25.4. The van der Waals surface area contributed by atoms with Crippen LogP contribution in [-0.2, 0) is 33.2 Å². The molecule has 0 aromatic carbocycles. The Balaban J connectivity index is 1.72. The summed E-state index contributed by atoms with van der Waals surface area (Å²) in [5.74, 6) is -0.376. The molecular weight excluding hydrogens is 909 g/mol. The molecule has 2 aliphatic rings. The molecule has 7 N–H and O–H groups in total. The first-order valence-corrected chi connectivity index (χ1v) is 28.9. The second kappa shape index (κ2) is 44.7. The monoisotopic (exact) mass is 1010 g/mol. The largest absolute Gasteiger partial charge is 0.457 e. The van der Waals surface area contributed by atoms with Crippen LogP contribution in [0.5, 0.6) is 0 Å². The van der Waals surface area contributed by atoms with Crippen molar-refractivity contribution in [3.63, 3.8) is 0 Å². The lowest BCUT2D eigenvalue weighted by atomic mass is 9.98. The Kier molecular flexibility index (Phi) is 41.3. The minimum Gasteiger partial charge on any atom is -0.457 e. The number of aliphatic hydroxyl groups is 7. The molecule has 0 aliphatic carbocycles. The number of hydrogen-bond donors (Lipinski definition) is 7. The van der Waals surface area contributed by atoms with Gasteiger partial charge in [0.05, 0.1) is 26.4 Å². The van der Waals surface area contributed by atoms with E-state index in [1.807, 2.05) is 0 Å². The molecule has 2 rings (SSSR count). The predicted octanol–water partition coefficient (Wildman–Crippen LogP) is 9.97. The second-order valence-electron chi connectivity index (χ2n) is 20.5. The summed E-state index contributed by atoms with van der Waals surface area (Å²) in [5.41, 5.74) is 0. The van der Waals surface area contributed by atoms with Gasteiger partial charge in [0, 0.05) is 13.0 Å². The van der Waals surface area contributed by atoms with Gasteiger partial charge < -0.3 is 64.2 Å². The molecule has 418 valence electrons. The van der Waals surface area contributed by atoms with Crippen LogP contribution < -0.4 is 0 Å². The van der Waals surface area contributed by atoms with Crippen molar-refractivity contribution >= 4 is 5.97 Å². The van der Waals surface area contributed by atoms with Crippen LogP contribution in [0.25, 0.3) is 0 Å². The minimum absolute atomic E-state index is 0.0645. The number of esters is 1. The number of hydrogen-bond acceptors (Lipinski definition) is 14. The van der Waals surface area contributed by atoms with Gasteiger partial charge in [-0.15, -0.1) is 0 Å². The highest BCUT2D eigenvalue weighted by molar-refractivity contribution is 5.69. The lowest BCUT2D eigenvalue weighted by Crippen LogP contribution is -2.61. The summed E-state index contributed by atoms with van der Waals surface area (Å²) in [5, 5.41) is 72.3.